The topological polar surface area (TPSA) is 59.0 Å². The second-order valence-corrected chi connectivity index (χ2v) is 5.77. The van der Waals surface area contributed by atoms with Crippen LogP contribution in [0.5, 0.6) is 5.75 Å². The molecule has 0 saturated carbocycles. The minimum atomic E-state index is 0. The van der Waals surface area contributed by atoms with Crippen LogP contribution in [0.4, 0.5) is 5.69 Å². The van der Waals surface area contributed by atoms with Gasteiger partial charge >= 0.3 is 0 Å². The SMILES string of the molecule is Br.Br.COc1cccnc1CON1CCNC1=Nc1c(Cl)cccc1Cl. The van der Waals surface area contributed by atoms with Gasteiger partial charge in [-0.1, -0.05) is 29.3 Å². The second-order valence-electron chi connectivity index (χ2n) is 4.96. The molecule has 0 unspecified atom stereocenters. The smallest absolute Gasteiger partial charge is 0.223 e. The lowest BCUT2D eigenvalue weighted by Gasteiger charge is -2.18. The van der Waals surface area contributed by atoms with Crippen LogP contribution in [0.1, 0.15) is 5.69 Å². The van der Waals surface area contributed by atoms with Crippen LogP contribution in [0.2, 0.25) is 10.0 Å². The van der Waals surface area contributed by atoms with E-state index in [2.05, 4.69) is 15.3 Å². The van der Waals surface area contributed by atoms with Gasteiger partial charge in [0, 0.05) is 12.7 Å². The number of aromatic nitrogens is 1. The van der Waals surface area contributed by atoms with Crippen LogP contribution in [0.25, 0.3) is 0 Å². The molecular weight excluding hydrogens is 511 g/mol. The molecule has 3 rings (SSSR count). The standard InChI is InChI=1S/C16H16Cl2N4O2.2BrH/c1-23-14-6-3-7-19-13(14)10-24-22-9-8-20-16(22)21-15-11(17)4-2-5-12(15)18;;/h2-7H,8-10H2,1H3,(H,20,21);2*1H. The summed E-state index contributed by atoms with van der Waals surface area (Å²) in [7, 11) is 1.60. The number of pyridine rings is 1. The zero-order valence-electron chi connectivity index (χ0n) is 13.8. The summed E-state index contributed by atoms with van der Waals surface area (Å²) >= 11 is 12.3. The van der Waals surface area contributed by atoms with Gasteiger partial charge in [0.25, 0.3) is 0 Å². The van der Waals surface area contributed by atoms with E-state index < -0.39 is 0 Å². The Balaban J connectivity index is 0.00000169. The summed E-state index contributed by atoms with van der Waals surface area (Å²) in [6.07, 6.45) is 1.70. The highest BCUT2D eigenvalue weighted by molar-refractivity contribution is 8.93. The summed E-state index contributed by atoms with van der Waals surface area (Å²) in [6.45, 7) is 1.62. The predicted molar refractivity (Wildman–Crippen MR) is 114 cm³/mol. The summed E-state index contributed by atoms with van der Waals surface area (Å²) in [5.74, 6) is 1.23. The van der Waals surface area contributed by atoms with E-state index in [0.29, 0.717) is 46.2 Å². The quantitative estimate of drug-likeness (QED) is 0.616. The first kappa shape index (κ1) is 23.0. The molecule has 0 amide bonds. The van der Waals surface area contributed by atoms with E-state index in [1.54, 1.807) is 36.6 Å². The fraction of sp³-hybridized carbons (Fsp3) is 0.250. The third kappa shape index (κ3) is 5.47. The van der Waals surface area contributed by atoms with Gasteiger partial charge in [-0.25, -0.2) is 10.1 Å². The molecule has 1 aliphatic rings. The van der Waals surface area contributed by atoms with Crippen LogP contribution < -0.4 is 10.1 Å². The van der Waals surface area contributed by atoms with Gasteiger partial charge in [0.05, 0.1) is 23.7 Å². The van der Waals surface area contributed by atoms with Gasteiger partial charge in [-0.05, 0) is 24.3 Å². The number of nitrogens with zero attached hydrogens (tertiary/aromatic N) is 3. The average Bonchev–Trinajstić information content (AvgIpc) is 3.04. The highest BCUT2D eigenvalue weighted by Crippen LogP contribution is 2.33. The first-order chi connectivity index (χ1) is 11.7. The lowest BCUT2D eigenvalue weighted by Crippen LogP contribution is -2.30. The number of rotatable bonds is 5. The molecule has 0 aliphatic carbocycles. The average molecular weight is 529 g/mol. The van der Waals surface area contributed by atoms with Crippen molar-refractivity contribution in [3.05, 3.63) is 52.3 Å². The van der Waals surface area contributed by atoms with Crippen LogP contribution >= 0.6 is 57.2 Å². The van der Waals surface area contributed by atoms with Gasteiger partial charge in [0.1, 0.15) is 23.7 Å². The number of nitrogens with one attached hydrogen (secondary N) is 1. The number of hydrogen-bond donors (Lipinski definition) is 1. The number of methoxy groups -OCH3 is 1. The highest BCUT2D eigenvalue weighted by Gasteiger charge is 2.21. The van der Waals surface area contributed by atoms with E-state index in [0.717, 1.165) is 0 Å². The molecule has 1 fully saturated rings. The summed E-state index contributed by atoms with van der Waals surface area (Å²) < 4.78 is 5.27. The molecule has 2 heterocycles. The van der Waals surface area contributed by atoms with Gasteiger partial charge in [-0.2, -0.15) is 0 Å². The van der Waals surface area contributed by atoms with Crippen LogP contribution in [-0.4, -0.2) is 36.2 Å². The lowest BCUT2D eigenvalue weighted by molar-refractivity contribution is -0.104. The Kier molecular flexibility index (Phi) is 9.67. The van der Waals surface area contributed by atoms with Crippen LogP contribution in [0.3, 0.4) is 0 Å². The Morgan fingerprint density at radius 3 is 2.62 bits per heavy atom. The van der Waals surface area contributed by atoms with Crippen molar-refractivity contribution in [1.82, 2.24) is 15.4 Å². The number of aliphatic imine (C=N–C) groups is 1. The molecule has 1 saturated heterocycles. The van der Waals surface area contributed by atoms with E-state index in [-0.39, 0.29) is 40.6 Å². The van der Waals surface area contributed by atoms with Crippen LogP contribution in [-0.2, 0) is 11.4 Å². The Morgan fingerprint density at radius 2 is 1.92 bits per heavy atom. The van der Waals surface area contributed by atoms with Crippen molar-refractivity contribution in [3.63, 3.8) is 0 Å². The van der Waals surface area contributed by atoms with Gasteiger partial charge in [-0.3, -0.25) is 9.82 Å². The zero-order valence-corrected chi connectivity index (χ0v) is 18.8. The Bertz CT molecular complexity index is 745. The second kappa shape index (κ2) is 10.9. The number of halogens is 4. The van der Waals surface area contributed by atoms with E-state index in [1.165, 1.54) is 0 Å². The van der Waals surface area contributed by atoms with Crippen molar-refractivity contribution in [3.8, 4) is 5.75 Å². The van der Waals surface area contributed by atoms with Crippen molar-refractivity contribution in [2.75, 3.05) is 20.2 Å². The molecule has 142 valence electrons. The summed E-state index contributed by atoms with van der Waals surface area (Å²) in [4.78, 5) is 14.6. The minimum Gasteiger partial charge on any atom is -0.495 e. The fourth-order valence-corrected chi connectivity index (χ4v) is 2.72. The molecule has 0 bridgehead atoms. The molecule has 0 atom stereocenters. The molecule has 6 nitrogen and oxygen atoms in total. The maximum absolute atomic E-state index is 6.16. The maximum atomic E-state index is 6.16. The Labute approximate surface area is 183 Å². The number of hydroxylamine groups is 2. The zero-order chi connectivity index (χ0) is 16.9. The summed E-state index contributed by atoms with van der Waals surface area (Å²) in [6, 6.07) is 8.91. The van der Waals surface area contributed by atoms with Crippen molar-refractivity contribution in [2.45, 2.75) is 6.61 Å². The normalized spacial score (nSPS) is 14.4. The third-order valence-corrected chi connectivity index (χ3v) is 4.02. The molecule has 26 heavy (non-hydrogen) atoms. The molecule has 2 aromatic rings. The molecular formula is C16H18Br2Cl2N4O2. The first-order valence-corrected chi connectivity index (χ1v) is 8.09. The van der Waals surface area contributed by atoms with Gasteiger partial charge in [0.15, 0.2) is 0 Å². The van der Waals surface area contributed by atoms with Crippen LogP contribution in [0.15, 0.2) is 41.5 Å². The van der Waals surface area contributed by atoms with Crippen molar-refractivity contribution in [1.29, 1.82) is 0 Å². The summed E-state index contributed by atoms with van der Waals surface area (Å²) in [5.41, 5.74) is 1.22. The number of ether oxygens (including phenoxy) is 1. The molecule has 1 aromatic carbocycles. The number of guanidine groups is 1. The third-order valence-electron chi connectivity index (χ3n) is 3.41. The minimum absolute atomic E-state index is 0. The lowest BCUT2D eigenvalue weighted by atomic mass is 10.3. The van der Waals surface area contributed by atoms with Crippen molar-refractivity contribution in [2.24, 2.45) is 4.99 Å². The molecule has 1 aromatic heterocycles. The maximum Gasteiger partial charge on any atom is 0.223 e. The van der Waals surface area contributed by atoms with Crippen molar-refractivity contribution < 1.29 is 9.57 Å². The highest BCUT2D eigenvalue weighted by atomic mass is 79.9. The largest absolute Gasteiger partial charge is 0.495 e. The molecule has 1 aliphatic heterocycles. The number of hydrogen-bond acceptors (Lipinski definition) is 4. The van der Waals surface area contributed by atoms with E-state index >= 15 is 0 Å². The molecule has 10 heteroatoms. The molecule has 0 radical (unpaired) electrons. The van der Waals surface area contributed by atoms with E-state index in [9.17, 15) is 0 Å². The van der Waals surface area contributed by atoms with Gasteiger partial charge in [0.2, 0.25) is 5.96 Å². The summed E-state index contributed by atoms with van der Waals surface area (Å²) in [5, 5.41) is 5.78. The van der Waals surface area contributed by atoms with Crippen LogP contribution in [0, 0.1) is 0 Å². The monoisotopic (exact) mass is 526 g/mol. The van der Waals surface area contributed by atoms with Crippen molar-refractivity contribution >= 4 is 68.8 Å². The predicted octanol–water partition coefficient (Wildman–Crippen LogP) is 4.58. The van der Waals surface area contributed by atoms with Gasteiger partial charge in [-0.15, -0.1) is 34.0 Å². The van der Waals surface area contributed by atoms with Gasteiger partial charge < -0.3 is 10.1 Å². The molecule has 1 N–H and O–H groups in total. The number of para-hydroxylation sites is 1. The number of benzene rings is 1. The first-order valence-electron chi connectivity index (χ1n) is 7.34. The van der Waals surface area contributed by atoms with E-state index in [4.69, 9.17) is 32.8 Å². The fourth-order valence-electron chi connectivity index (χ4n) is 2.24. The van der Waals surface area contributed by atoms with E-state index in [1.807, 2.05) is 12.1 Å². The Hall–Kier alpha value is -1.06. The Morgan fingerprint density at radius 1 is 1.19 bits per heavy atom. The molecule has 0 spiro atoms.